The van der Waals surface area contributed by atoms with E-state index in [0.717, 1.165) is 5.56 Å². The first kappa shape index (κ1) is 19.5. The van der Waals surface area contributed by atoms with Crippen molar-refractivity contribution in [2.24, 2.45) is 0 Å². The molecule has 0 aliphatic rings. The van der Waals surface area contributed by atoms with Crippen LogP contribution in [0.2, 0.25) is 10.0 Å². The zero-order valence-electron chi connectivity index (χ0n) is 13.2. The summed E-state index contributed by atoms with van der Waals surface area (Å²) in [5.41, 5.74) is 2.04. The summed E-state index contributed by atoms with van der Waals surface area (Å²) in [6.07, 6.45) is 0. The van der Waals surface area contributed by atoms with Gasteiger partial charge in [-0.2, -0.15) is 8.42 Å². The molecule has 3 N–H and O–H groups in total. The van der Waals surface area contributed by atoms with E-state index < -0.39 is 21.8 Å². The van der Waals surface area contributed by atoms with Crippen molar-refractivity contribution in [1.82, 2.24) is 5.32 Å². The number of rotatable bonds is 6. The smallest absolute Gasteiger partial charge is 0.266 e. The van der Waals surface area contributed by atoms with E-state index in [1.165, 1.54) is 0 Å². The van der Waals surface area contributed by atoms with Crippen molar-refractivity contribution < 1.29 is 17.8 Å². The van der Waals surface area contributed by atoms with Crippen LogP contribution in [0, 0.1) is 6.92 Å². The summed E-state index contributed by atoms with van der Waals surface area (Å²) in [7, 11) is -4.14. The lowest BCUT2D eigenvalue weighted by molar-refractivity contribution is 0.0957. The third-order valence-corrected chi connectivity index (χ3v) is 4.88. The van der Waals surface area contributed by atoms with Gasteiger partial charge in [0.25, 0.3) is 16.0 Å². The molecule has 0 fully saturated rings. The Labute approximate surface area is 155 Å². The first-order valence-electron chi connectivity index (χ1n) is 7.23. The fraction of sp³-hybridized carbons (Fsp3) is 0.188. The van der Waals surface area contributed by atoms with Crippen molar-refractivity contribution in [3.8, 4) is 0 Å². The topological polar surface area (TPSA) is 95.5 Å². The van der Waals surface area contributed by atoms with E-state index in [4.69, 9.17) is 27.8 Å². The Morgan fingerprint density at radius 1 is 1.16 bits per heavy atom. The van der Waals surface area contributed by atoms with E-state index in [1.54, 1.807) is 36.4 Å². The van der Waals surface area contributed by atoms with Crippen LogP contribution in [0.25, 0.3) is 0 Å². The van der Waals surface area contributed by atoms with Crippen molar-refractivity contribution in [2.75, 3.05) is 17.6 Å². The second-order valence-electron chi connectivity index (χ2n) is 5.27. The molecule has 0 atom stereocenters. The van der Waals surface area contributed by atoms with E-state index in [-0.39, 0.29) is 12.1 Å². The number of para-hydroxylation sites is 1. The molecule has 0 heterocycles. The summed E-state index contributed by atoms with van der Waals surface area (Å²) < 4.78 is 30.2. The molecule has 0 aromatic heterocycles. The fourth-order valence-corrected chi connectivity index (χ4v) is 2.91. The minimum atomic E-state index is -4.14. The summed E-state index contributed by atoms with van der Waals surface area (Å²) in [6, 6.07) is 10.1. The molecule has 1 amide bonds. The molecule has 0 aliphatic heterocycles. The molecule has 0 radical (unpaired) electrons. The van der Waals surface area contributed by atoms with Crippen LogP contribution in [0.3, 0.4) is 0 Å². The van der Waals surface area contributed by atoms with E-state index >= 15 is 0 Å². The highest BCUT2D eigenvalue weighted by atomic mass is 35.5. The maximum absolute atomic E-state index is 12.3. The number of hydrogen-bond donors (Lipinski definition) is 3. The first-order chi connectivity index (χ1) is 11.7. The largest absolute Gasteiger partial charge is 0.352 e. The fourth-order valence-electron chi connectivity index (χ4n) is 2.08. The minimum absolute atomic E-state index is 0.210. The van der Waals surface area contributed by atoms with Crippen LogP contribution in [0.15, 0.2) is 36.4 Å². The number of hydrogen-bond acceptors (Lipinski definition) is 4. The summed E-state index contributed by atoms with van der Waals surface area (Å²) in [5.74, 6) is -1.06. The highest BCUT2D eigenvalue weighted by molar-refractivity contribution is 7.85. The van der Waals surface area contributed by atoms with E-state index in [9.17, 15) is 13.2 Å². The molecule has 0 unspecified atom stereocenters. The molecule has 2 rings (SSSR count). The molecule has 134 valence electrons. The molecule has 0 aliphatic carbocycles. The molecule has 0 saturated carbocycles. The van der Waals surface area contributed by atoms with E-state index in [1.807, 2.05) is 6.92 Å². The van der Waals surface area contributed by atoms with E-state index in [0.29, 0.717) is 21.4 Å². The highest BCUT2D eigenvalue weighted by Crippen LogP contribution is 2.35. The van der Waals surface area contributed by atoms with Gasteiger partial charge in [0.05, 0.1) is 32.7 Å². The summed E-state index contributed by atoms with van der Waals surface area (Å²) >= 11 is 12.4. The maximum atomic E-state index is 12.3. The van der Waals surface area contributed by atoms with Gasteiger partial charge < -0.3 is 10.6 Å². The minimum Gasteiger partial charge on any atom is -0.352 e. The average Bonchev–Trinajstić information content (AvgIpc) is 2.54. The molecule has 0 saturated heterocycles. The number of halogens is 2. The number of benzene rings is 2. The van der Waals surface area contributed by atoms with Crippen molar-refractivity contribution in [2.45, 2.75) is 6.92 Å². The molecular formula is C16H16Cl2N2O4S. The SMILES string of the molecule is Cc1ccc(Cl)c(Nc2ccccc2C(=O)NCCS(=O)(=O)O)c1Cl. The van der Waals surface area contributed by atoms with Gasteiger partial charge in [0.2, 0.25) is 0 Å². The third-order valence-electron chi connectivity index (χ3n) is 3.36. The molecule has 2 aromatic carbocycles. The Hall–Kier alpha value is -1.80. The van der Waals surface area contributed by atoms with Crippen LogP contribution >= 0.6 is 23.2 Å². The Balaban J connectivity index is 2.24. The monoisotopic (exact) mass is 402 g/mol. The lowest BCUT2D eigenvalue weighted by Gasteiger charge is -2.15. The van der Waals surface area contributed by atoms with Crippen LogP contribution in [0.4, 0.5) is 11.4 Å². The Bertz CT molecular complexity index is 901. The first-order valence-corrected chi connectivity index (χ1v) is 9.59. The van der Waals surface area contributed by atoms with Gasteiger partial charge in [-0.05, 0) is 30.7 Å². The Kier molecular flexibility index (Phi) is 6.29. The van der Waals surface area contributed by atoms with Gasteiger partial charge in [0.1, 0.15) is 0 Å². The Morgan fingerprint density at radius 2 is 1.84 bits per heavy atom. The number of carbonyl (C=O) groups is 1. The van der Waals surface area contributed by atoms with Gasteiger partial charge in [-0.25, -0.2) is 0 Å². The van der Waals surface area contributed by atoms with Gasteiger partial charge in [0, 0.05) is 6.54 Å². The second-order valence-corrected chi connectivity index (χ2v) is 7.62. The van der Waals surface area contributed by atoms with Gasteiger partial charge >= 0.3 is 0 Å². The summed E-state index contributed by atoms with van der Waals surface area (Å²) in [4.78, 5) is 12.3. The predicted octanol–water partition coefficient (Wildman–Crippen LogP) is 3.66. The van der Waals surface area contributed by atoms with Gasteiger partial charge in [0.15, 0.2) is 0 Å². The molecular weight excluding hydrogens is 387 g/mol. The lowest BCUT2D eigenvalue weighted by atomic mass is 10.1. The number of amides is 1. The van der Waals surface area contributed by atoms with Crippen molar-refractivity contribution in [1.29, 1.82) is 0 Å². The zero-order valence-corrected chi connectivity index (χ0v) is 15.5. The standard InChI is InChI=1S/C16H16Cl2N2O4S/c1-10-6-7-12(17)15(14(10)18)20-13-5-3-2-4-11(13)16(21)19-8-9-25(22,23)24/h2-7,20H,8-9H2,1H3,(H,19,21)(H,22,23,24). The predicted molar refractivity (Wildman–Crippen MR) is 99.7 cm³/mol. The maximum Gasteiger partial charge on any atom is 0.266 e. The van der Waals surface area contributed by atoms with Gasteiger partial charge in [-0.15, -0.1) is 0 Å². The zero-order chi connectivity index (χ0) is 18.6. The molecule has 25 heavy (non-hydrogen) atoms. The summed E-state index contributed by atoms with van der Waals surface area (Å²) in [5, 5.41) is 6.32. The van der Waals surface area contributed by atoms with Crippen LogP contribution in [-0.2, 0) is 10.1 Å². The molecule has 6 nitrogen and oxygen atoms in total. The molecule has 0 bridgehead atoms. The van der Waals surface area contributed by atoms with Crippen molar-refractivity contribution in [3.63, 3.8) is 0 Å². The quantitative estimate of drug-likeness (QED) is 0.640. The number of aryl methyl sites for hydroxylation is 1. The van der Waals surface area contributed by atoms with Crippen LogP contribution in [-0.4, -0.2) is 31.2 Å². The highest BCUT2D eigenvalue weighted by Gasteiger charge is 2.15. The number of anilines is 2. The normalized spacial score (nSPS) is 11.2. The third kappa shape index (κ3) is 5.34. The van der Waals surface area contributed by atoms with Crippen LogP contribution in [0.5, 0.6) is 0 Å². The van der Waals surface area contributed by atoms with Gasteiger partial charge in [-0.3, -0.25) is 9.35 Å². The van der Waals surface area contributed by atoms with Crippen molar-refractivity contribution in [3.05, 3.63) is 57.6 Å². The molecule has 0 spiro atoms. The van der Waals surface area contributed by atoms with Gasteiger partial charge in [-0.1, -0.05) is 41.4 Å². The lowest BCUT2D eigenvalue weighted by Crippen LogP contribution is -2.29. The average molecular weight is 403 g/mol. The Morgan fingerprint density at radius 3 is 2.52 bits per heavy atom. The molecule has 9 heteroatoms. The number of nitrogens with one attached hydrogen (secondary N) is 2. The number of carbonyl (C=O) groups excluding carboxylic acids is 1. The second kappa shape index (κ2) is 8.05. The van der Waals surface area contributed by atoms with Crippen LogP contribution < -0.4 is 10.6 Å². The van der Waals surface area contributed by atoms with Crippen molar-refractivity contribution >= 4 is 50.6 Å². The van der Waals surface area contributed by atoms with E-state index in [2.05, 4.69) is 10.6 Å². The van der Waals surface area contributed by atoms with Crippen LogP contribution in [0.1, 0.15) is 15.9 Å². The molecule has 2 aromatic rings. The summed E-state index contributed by atoms with van der Waals surface area (Å²) in [6.45, 7) is 1.62.